The summed E-state index contributed by atoms with van der Waals surface area (Å²) in [7, 11) is -3.41. The van der Waals surface area contributed by atoms with E-state index in [0.29, 0.717) is 35.4 Å². The molecule has 1 heterocycles. The van der Waals surface area contributed by atoms with E-state index in [1.807, 2.05) is 12.1 Å². The van der Waals surface area contributed by atoms with Crippen molar-refractivity contribution in [3.63, 3.8) is 0 Å². The molecule has 1 atom stereocenters. The molecule has 0 aliphatic heterocycles. The number of ether oxygens (including phenoxy) is 1. The number of anilines is 1. The van der Waals surface area contributed by atoms with Gasteiger partial charge >= 0.3 is 0 Å². The fourth-order valence-electron chi connectivity index (χ4n) is 3.72. The summed E-state index contributed by atoms with van der Waals surface area (Å²) in [6.45, 7) is 3.38. The predicted octanol–water partition coefficient (Wildman–Crippen LogP) is 4.47. The second kappa shape index (κ2) is 9.72. The first-order chi connectivity index (χ1) is 15.7. The van der Waals surface area contributed by atoms with Crippen molar-refractivity contribution in [2.45, 2.75) is 13.0 Å². The summed E-state index contributed by atoms with van der Waals surface area (Å²) in [5.41, 5.74) is 4.35. The van der Waals surface area contributed by atoms with E-state index in [1.165, 1.54) is 10.9 Å². The Kier molecular flexibility index (Phi) is 6.94. The predicted molar refractivity (Wildman–Crippen MR) is 136 cm³/mol. The number of nitrogens with one attached hydrogen (secondary N) is 3. The number of hydrogen-bond donors (Lipinski definition) is 4. The van der Waals surface area contributed by atoms with Crippen LogP contribution in [0.5, 0.6) is 5.75 Å². The topological polar surface area (TPSA) is 103 Å². The van der Waals surface area contributed by atoms with Crippen LogP contribution in [-0.2, 0) is 10.0 Å². The summed E-state index contributed by atoms with van der Waals surface area (Å²) < 4.78 is 31.9. The van der Waals surface area contributed by atoms with Crippen LogP contribution in [0.3, 0.4) is 0 Å². The molecule has 1 aromatic heterocycles. The lowest BCUT2D eigenvalue weighted by atomic mass is 10.1. The van der Waals surface area contributed by atoms with Gasteiger partial charge < -0.3 is 20.1 Å². The minimum Gasteiger partial charge on any atom is -0.492 e. The summed E-state index contributed by atoms with van der Waals surface area (Å²) in [4.78, 5) is 3.44. The molecular weight excluding hydrogens is 506 g/mol. The van der Waals surface area contributed by atoms with Crippen LogP contribution in [0.1, 0.15) is 17.2 Å². The quantitative estimate of drug-likeness (QED) is 0.238. The molecule has 0 amide bonds. The molecule has 0 saturated carbocycles. The van der Waals surface area contributed by atoms with Gasteiger partial charge in [-0.05, 0) is 64.3 Å². The van der Waals surface area contributed by atoms with E-state index in [-0.39, 0.29) is 0 Å². The molecule has 33 heavy (non-hydrogen) atoms. The number of aromatic nitrogens is 1. The Balaban J connectivity index is 1.30. The molecule has 4 N–H and O–H groups in total. The van der Waals surface area contributed by atoms with Gasteiger partial charge in [-0.3, -0.25) is 4.72 Å². The number of aliphatic hydroxyl groups excluding tert-OH is 1. The Morgan fingerprint density at radius 2 is 1.79 bits per heavy atom. The monoisotopic (exact) mass is 531 g/mol. The number of rotatable bonds is 9. The fourth-order valence-corrected chi connectivity index (χ4v) is 4.76. The van der Waals surface area contributed by atoms with Crippen LogP contribution >= 0.6 is 15.9 Å². The third kappa shape index (κ3) is 5.86. The van der Waals surface area contributed by atoms with Crippen molar-refractivity contribution in [2.75, 3.05) is 30.7 Å². The number of aryl methyl sites for hydroxylation is 1. The average molecular weight is 532 g/mol. The number of aromatic amines is 1. The normalized spacial score (nSPS) is 12.8. The molecular formula is C24H26BrN3O4S. The molecule has 0 saturated heterocycles. The van der Waals surface area contributed by atoms with Gasteiger partial charge in [-0.15, -0.1) is 0 Å². The van der Waals surface area contributed by atoms with Crippen molar-refractivity contribution in [3.8, 4) is 5.75 Å². The van der Waals surface area contributed by atoms with E-state index >= 15 is 0 Å². The molecule has 0 spiro atoms. The zero-order chi connectivity index (χ0) is 23.6. The molecule has 174 valence electrons. The van der Waals surface area contributed by atoms with Crippen molar-refractivity contribution in [3.05, 3.63) is 70.2 Å². The van der Waals surface area contributed by atoms with Crippen molar-refractivity contribution >= 4 is 53.4 Å². The summed E-state index contributed by atoms with van der Waals surface area (Å²) in [5.74, 6) is 0.775. The number of aliphatic hydroxyl groups is 1. The minimum atomic E-state index is -3.41. The zero-order valence-corrected chi connectivity index (χ0v) is 20.8. The Bertz CT molecular complexity index is 1400. The van der Waals surface area contributed by atoms with Crippen LogP contribution in [0.2, 0.25) is 0 Å². The zero-order valence-electron chi connectivity index (χ0n) is 18.4. The van der Waals surface area contributed by atoms with Gasteiger partial charge in [-0.1, -0.05) is 18.2 Å². The van der Waals surface area contributed by atoms with Crippen molar-refractivity contribution < 1.29 is 18.3 Å². The molecule has 0 fully saturated rings. The number of halogens is 1. The molecule has 4 rings (SSSR count). The van der Waals surface area contributed by atoms with Crippen LogP contribution in [0.4, 0.5) is 5.69 Å². The molecule has 0 aliphatic carbocycles. The lowest BCUT2D eigenvalue weighted by Gasteiger charge is -2.15. The first-order valence-electron chi connectivity index (χ1n) is 10.5. The number of benzene rings is 3. The first-order valence-corrected chi connectivity index (χ1v) is 13.2. The maximum Gasteiger partial charge on any atom is 0.229 e. The molecule has 0 bridgehead atoms. The lowest BCUT2D eigenvalue weighted by molar-refractivity contribution is 0.172. The highest BCUT2D eigenvalue weighted by atomic mass is 79.9. The van der Waals surface area contributed by atoms with Crippen LogP contribution in [-0.4, -0.2) is 44.5 Å². The van der Waals surface area contributed by atoms with E-state index in [9.17, 15) is 13.5 Å². The van der Waals surface area contributed by atoms with Crippen molar-refractivity contribution in [1.29, 1.82) is 0 Å². The molecule has 7 nitrogen and oxygen atoms in total. The van der Waals surface area contributed by atoms with Crippen molar-refractivity contribution in [2.24, 2.45) is 0 Å². The van der Waals surface area contributed by atoms with Crippen LogP contribution < -0.4 is 14.8 Å². The Morgan fingerprint density at radius 1 is 1.06 bits per heavy atom. The van der Waals surface area contributed by atoms with E-state index in [2.05, 4.69) is 62.1 Å². The lowest BCUT2D eigenvalue weighted by Crippen LogP contribution is -2.26. The van der Waals surface area contributed by atoms with Gasteiger partial charge in [0, 0.05) is 39.9 Å². The number of H-pyrrole nitrogens is 1. The first kappa shape index (κ1) is 23.6. The Labute approximate surface area is 201 Å². The highest BCUT2D eigenvalue weighted by Crippen LogP contribution is 2.29. The number of sulfonamides is 1. The summed E-state index contributed by atoms with van der Waals surface area (Å²) >= 11 is 3.31. The minimum absolute atomic E-state index is 0.309. The van der Waals surface area contributed by atoms with E-state index in [1.54, 1.807) is 18.2 Å². The summed E-state index contributed by atoms with van der Waals surface area (Å²) in [5, 5.41) is 16.0. The number of fused-ring (bicyclic) bond motifs is 3. The second-order valence-electron chi connectivity index (χ2n) is 8.06. The third-order valence-electron chi connectivity index (χ3n) is 5.28. The largest absolute Gasteiger partial charge is 0.492 e. The summed E-state index contributed by atoms with van der Waals surface area (Å²) in [6, 6.07) is 17.5. The third-order valence-corrected chi connectivity index (χ3v) is 6.56. The number of hydrogen-bond acceptors (Lipinski definition) is 5. The van der Waals surface area contributed by atoms with Gasteiger partial charge in [0.05, 0.1) is 23.6 Å². The smallest absolute Gasteiger partial charge is 0.229 e. The van der Waals surface area contributed by atoms with Crippen LogP contribution in [0.25, 0.3) is 21.8 Å². The second-order valence-corrected chi connectivity index (χ2v) is 10.7. The van der Waals surface area contributed by atoms with Crippen LogP contribution in [0, 0.1) is 6.92 Å². The SMILES string of the molecule is Cc1ccc2c(c1)[nH]c1cc(OCCNC[C@H](O)c3ccc(Br)c(NS(C)(=O)=O)c3)ccc12. The Morgan fingerprint density at radius 3 is 2.55 bits per heavy atom. The average Bonchev–Trinajstić information content (AvgIpc) is 3.10. The van der Waals surface area contributed by atoms with Gasteiger partial charge in [-0.25, -0.2) is 8.42 Å². The molecule has 9 heteroatoms. The van der Waals surface area contributed by atoms with Gasteiger partial charge in [0.2, 0.25) is 10.0 Å². The molecule has 0 radical (unpaired) electrons. The highest BCUT2D eigenvalue weighted by Gasteiger charge is 2.12. The Hall–Kier alpha value is -2.59. The molecule has 4 aromatic rings. The molecule has 0 unspecified atom stereocenters. The van der Waals surface area contributed by atoms with Gasteiger partial charge in [0.15, 0.2) is 0 Å². The highest BCUT2D eigenvalue weighted by molar-refractivity contribution is 9.10. The summed E-state index contributed by atoms with van der Waals surface area (Å²) in [6.07, 6.45) is 0.297. The fraction of sp³-hybridized carbons (Fsp3) is 0.250. The van der Waals surface area contributed by atoms with E-state index in [0.717, 1.165) is 28.4 Å². The van der Waals surface area contributed by atoms with Gasteiger partial charge in [-0.2, -0.15) is 0 Å². The maximum absolute atomic E-state index is 11.5. The van der Waals surface area contributed by atoms with Crippen LogP contribution in [0.15, 0.2) is 59.1 Å². The maximum atomic E-state index is 11.5. The van der Waals surface area contributed by atoms with E-state index in [4.69, 9.17) is 4.74 Å². The molecule has 3 aromatic carbocycles. The standard InChI is InChI=1S/C24H26BrN3O4S/c1-15-3-6-18-19-7-5-17(13-22(19)27-21(18)11-15)32-10-9-26-14-24(29)16-4-8-20(25)23(12-16)28-33(2,30)31/h3-8,11-13,24,26-29H,9-10,14H2,1-2H3/t24-/m0/s1. The van der Waals surface area contributed by atoms with E-state index < -0.39 is 16.1 Å². The van der Waals surface area contributed by atoms with Gasteiger partial charge in [0.1, 0.15) is 12.4 Å². The molecule has 0 aliphatic rings. The van der Waals surface area contributed by atoms with Gasteiger partial charge in [0.25, 0.3) is 0 Å². The van der Waals surface area contributed by atoms with Crippen molar-refractivity contribution in [1.82, 2.24) is 10.3 Å².